The standard InChI is InChI=1S/C15H24N2O2/c1-5-14(18)12-6-8-13(9-7-12)16-10-15(2,19)11-17(3)4/h6-9,16,19H,5,10-11H2,1-4H3. The summed E-state index contributed by atoms with van der Waals surface area (Å²) in [5.74, 6) is 0.145. The molecule has 0 saturated carbocycles. The Morgan fingerprint density at radius 3 is 2.37 bits per heavy atom. The monoisotopic (exact) mass is 264 g/mol. The van der Waals surface area contributed by atoms with Gasteiger partial charge in [0, 0.05) is 30.8 Å². The van der Waals surface area contributed by atoms with Crippen LogP contribution in [0.15, 0.2) is 24.3 Å². The molecule has 0 radical (unpaired) electrons. The zero-order valence-corrected chi connectivity index (χ0v) is 12.2. The topological polar surface area (TPSA) is 52.6 Å². The first-order valence-electron chi connectivity index (χ1n) is 6.58. The fourth-order valence-electron chi connectivity index (χ4n) is 2.01. The predicted octanol–water partition coefficient (Wildman–Crippen LogP) is 2.00. The molecule has 1 aromatic carbocycles. The normalized spacial score (nSPS) is 14.2. The van der Waals surface area contributed by atoms with Gasteiger partial charge in [0.1, 0.15) is 0 Å². The molecule has 2 N–H and O–H groups in total. The van der Waals surface area contributed by atoms with E-state index in [-0.39, 0.29) is 5.78 Å². The maximum atomic E-state index is 11.5. The summed E-state index contributed by atoms with van der Waals surface area (Å²) in [6.45, 7) is 4.71. The SMILES string of the molecule is CCC(=O)c1ccc(NCC(C)(O)CN(C)C)cc1. The lowest BCUT2D eigenvalue weighted by atomic mass is 10.1. The molecule has 4 heteroatoms. The number of nitrogens with zero attached hydrogens (tertiary/aromatic N) is 1. The lowest BCUT2D eigenvalue weighted by Crippen LogP contribution is -2.43. The summed E-state index contributed by atoms with van der Waals surface area (Å²) in [6, 6.07) is 7.37. The number of likely N-dealkylation sites (N-methyl/N-ethyl adjacent to an activating group) is 1. The predicted molar refractivity (Wildman–Crippen MR) is 78.7 cm³/mol. The molecule has 0 aliphatic rings. The lowest BCUT2D eigenvalue weighted by Gasteiger charge is -2.27. The van der Waals surface area contributed by atoms with Gasteiger partial charge in [0.05, 0.1) is 5.60 Å². The fraction of sp³-hybridized carbons (Fsp3) is 0.533. The number of hydrogen-bond donors (Lipinski definition) is 2. The highest BCUT2D eigenvalue weighted by Crippen LogP contribution is 2.13. The van der Waals surface area contributed by atoms with Crippen LogP contribution in [0.1, 0.15) is 30.6 Å². The van der Waals surface area contributed by atoms with Gasteiger partial charge in [0.2, 0.25) is 0 Å². The molecule has 106 valence electrons. The second kappa shape index (κ2) is 6.68. The Labute approximate surface area is 115 Å². The smallest absolute Gasteiger partial charge is 0.162 e. The maximum absolute atomic E-state index is 11.5. The van der Waals surface area contributed by atoms with Crippen LogP contribution in [0.3, 0.4) is 0 Å². The Hall–Kier alpha value is -1.39. The molecular formula is C15H24N2O2. The molecule has 1 atom stereocenters. The summed E-state index contributed by atoms with van der Waals surface area (Å²) in [4.78, 5) is 13.4. The average Bonchev–Trinajstić information content (AvgIpc) is 2.34. The van der Waals surface area contributed by atoms with Crippen molar-refractivity contribution in [1.29, 1.82) is 0 Å². The van der Waals surface area contributed by atoms with E-state index >= 15 is 0 Å². The molecule has 0 spiro atoms. The van der Waals surface area contributed by atoms with Gasteiger partial charge in [-0.15, -0.1) is 0 Å². The minimum Gasteiger partial charge on any atom is -0.387 e. The van der Waals surface area contributed by atoms with Crippen LogP contribution in [0.5, 0.6) is 0 Å². The van der Waals surface area contributed by atoms with Crippen LogP contribution < -0.4 is 5.32 Å². The summed E-state index contributed by atoms with van der Waals surface area (Å²) in [6.07, 6.45) is 0.518. The Morgan fingerprint density at radius 2 is 1.89 bits per heavy atom. The van der Waals surface area contributed by atoms with Gasteiger partial charge in [-0.1, -0.05) is 6.92 Å². The molecule has 0 fully saturated rings. The fourth-order valence-corrected chi connectivity index (χ4v) is 2.01. The number of rotatable bonds is 7. The third kappa shape index (κ3) is 5.41. The van der Waals surface area contributed by atoms with Gasteiger partial charge >= 0.3 is 0 Å². The Morgan fingerprint density at radius 1 is 1.32 bits per heavy atom. The van der Waals surface area contributed by atoms with Crippen molar-refractivity contribution in [3.63, 3.8) is 0 Å². The summed E-state index contributed by atoms with van der Waals surface area (Å²) < 4.78 is 0. The van der Waals surface area contributed by atoms with E-state index in [0.29, 0.717) is 19.5 Å². The number of anilines is 1. The number of nitrogens with one attached hydrogen (secondary N) is 1. The first-order chi connectivity index (χ1) is 8.84. The summed E-state index contributed by atoms with van der Waals surface area (Å²) >= 11 is 0. The van der Waals surface area contributed by atoms with Gasteiger partial charge in [-0.2, -0.15) is 0 Å². The van der Waals surface area contributed by atoms with Gasteiger partial charge in [0.15, 0.2) is 5.78 Å². The third-order valence-corrected chi connectivity index (χ3v) is 2.86. The van der Waals surface area contributed by atoms with Crippen LogP contribution in [0.2, 0.25) is 0 Å². The molecule has 1 rings (SSSR count). The van der Waals surface area contributed by atoms with Crippen molar-refractivity contribution in [2.45, 2.75) is 25.9 Å². The summed E-state index contributed by atoms with van der Waals surface area (Å²) in [7, 11) is 3.86. The molecule has 0 bridgehead atoms. The van der Waals surface area contributed by atoms with E-state index in [1.54, 1.807) is 6.92 Å². The van der Waals surface area contributed by atoms with Crippen molar-refractivity contribution < 1.29 is 9.90 Å². The summed E-state index contributed by atoms with van der Waals surface area (Å²) in [5.41, 5.74) is 0.848. The summed E-state index contributed by atoms with van der Waals surface area (Å²) in [5, 5.41) is 13.4. The zero-order valence-electron chi connectivity index (χ0n) is 12.2. The van der Waals surface area contributed by atoms with Gasteiger partial charge in [-0.05, 0) is 45.3 Å². The highest BCUT2D eigenvalue weighted by molar-refractivity contribution is 5.96. The highest BCUT2D eigenvalue weighted by Gasteiger charge is 2.20. The Kier molecular flexibility index (Phi) is 5.51. The first-order valence-corrected chi connectivity index (χ1v) is 6.58. The van der Waals surface area contributed by atoms with Gasteiger partial charge in [-0.25, -0.2) is 0 Å². The molecule has 1 unspecified atom stereocenters. The second-order valence-corrected chi connectivity index (χ2v) is 5.44. The molecule has 1 aromatic rings. The van der Waals surface area contributed by atoms with Crippen LogP contribution in [-0.2, 0) is 0 Å². The van der Waals surface area contributed by atoms with Crippen LogP contribution in [0.25, 0.3) is 0 Å². The van der Waals surface area contributed by atoms with Crippen LogP contribution in [-0.4, -0.2) is 48.6 Å². The van der Waals surface area contributed by atoms with Crippen molar-refractivity contribution in [3.8, 4) is 0 Å². The number of aliphatic hydroxyl groups is 1. The first kappa shape index (κ1) is 15.7. The quantitative estimate of drug-likeness (QED) is 0.740. The molecular weight excluding hydrogens is 240 g/mol. The zero-order chi connectivity index (χ0) is 14.5. The van der Waals surface area contributed by atoms with Crippen molar-refractivity contribution in [2.24, 2.45) is 0 Å². The van der Waals surface area contributed by atoms with E-state index in [1.165, 1.54) is 0 Å². The van der Waals surface area contributed by atoms with E-state index in [4.69, 9.17) is 0 Å². The van der Waals surface area contributed by atoms with E-state index < -0.39 is 5.60 Å². The molecule has 0 amide bonds. The van der Waals surface area contributed by atoms with Crippen molar-refractivity contribution in [1.82, 2.24) is 4.90 Å². The largest absolute Gasteiger partial charge is 0.387 e. The van der Waals surface area contributed by atoms with Crippen molar-refractivity contribution in [2.75, 3.05) is 32.5 Å². The number of hydrogen-bond acceptors (Lipinski definition) is 4. The van der Waals surface area contributed by atoms with Gasteiger partial charge in [-0.3, -0.25) is 4.79 Å². The average molecular weight is 264 g/mol. The van der Waals surface area contributed by atoms with Crippen LogP contribution in [0, 0.1) is 0 Å². The van der Waals surface area contributed by atoms with E-state index in [1.807, 2.05) is 50.2 Å². The molecule has 0 heterocycles. The second-order valence-electron chi connectivity index (χ2n) is 5.44. The number of ketones is 1. The molecule has 4 nitrogen and oxygen atoms in total. The third-order valence-electron chi connectivity index (χ3n) is 2.86. The number of carbonyl (C=O) groups is 1. The van der Waals surface area contributed by atoms with Crippen molar-refractivity contribution in [3.05, 3.63) is 29.8 Å². The number of Topliss-reactive ketones (excluding diaryl/α,β-unsaturated/α-hetero) is 1. The van der Waals surface area contributed by atoms with Crippen LogP contribution >= 0.6 is 0 Å². The number of carbonyl (C=O) groups excluding carboxylic acids is 1. The van der Waals surface area contributed by atoms with E-state index in [9.17, 15) is 9.90 Å². The van der Waals surface area contributed by atoms with E-state index in [2.05, 4.69) is 5.32 Å². The highest BCUT2D eigenvalue weighted by atomic mass is 16.3. The van der Waals surface area contributed by atoms with Crippen LogP contribution in [0.4, 0.5) is 5.69 Å². The molecule has 19 heavy (non-hydrogen) atoms. The molecule has 0 aliphatic heterocycles. The molecule has 0 aromatic heterocycles. The Bertz CT molecular complexity index is 411. The number of benzene rings is 1. The van der Waals surface area contributed by atoms with E-state index in [0.717, 1.165) is 11.3 Å². The lowest BCUT2D eigenvalue weighted by molar-refractivity contribution is 0.0460. The minimum absolute atomic E-state index is 0.145. The minimum atomic E-state index is -0.790. The maximum Gasteiger partial charge on any atom is 0.162 e. The molecule has 0 saturated heterocycles. The van der Waals surface area contributed by atoms with Crippen molar-refractivity contribution >= 4 is 11.5 Å². The Balaban J connectivity index is 2.57. The molecule has 0 aliphatic carbocycles. The van der Waals surface area contributed by atoms with Gasteiger partial charge in [0.25, 0.3) is 0 Å². The van der Waals surface area contributed by atoms with Gasteiger partial charge < -0.3 is 15.3 Å².